The zero-order valence-corrected chi connectivity index (χ0v) is 17.7. The van der Waals surface area contributed by atoms with Crippen molar-refractivity contribution in [1.29, 1.82) is 0 Å². The summed E-state index contributed by atoms with van der Waals surface area (Å²) in [5.41, 5.74) is 4.66. The summed E-state index contributed by atoms with van der Waals surface area (Å²) in [4.78, 5) is 2.24. The second-order valence-corrected chi connectivity index (χ2v) is 8.82. The predicted molar refractivity (Wildman–Crippen MR) is 120 cm³/mol. The van der Waals surface area contributed by atoms with Gasteiger partial charge in [-0.2, -0.15) is 0 Å². The topological polar surface area (TPSA) is 36.9 Å². The summed E-state index contributed by atoms with van der Waals surface area (Å²) in [6, 6.07) is 17.2. The third-order valence-electron chi connectivity index (χ3n) is 5.23. The summed E-state index contributed by atoms with van der Waals surface area (Å²) in [6.45, 7) is 2.44. The summed E-state index contributed by atoms with van der Waals surface area (Å²) in [7, 11) is 0. The Morgan fingerprint density at radius 3 is 1.27 bits per heavy atom. The molecule has 4 aromatic rings. The zero-order chi connectivity index (χ0) is 19.9. The van der Waals surface area contributed by atoms with Gasteiger partial charge in [-0.05, 0) is 22.3 Å². The van der Waals surface area contributed by atoms with Gasteiger partial charge in [0.05, 0.1) is 9.75 Å². The van der Waals surface area contributed by atoms with Crippen LogP contribution in [0.25, 0.3) is 32.0 Å². The van der Waals surface area contributed by atoms with Crippen molar-refractivity contribution < 1.29 is 18.9 Å². The Morgan fingerprint density at radius 1 is 0.467 bits per heavy atom. The van der Waals surface area contributed by atoms with Crippen molar-refractivity contribution >= 4 is 22.7 Å². The minimum atomic E-state index is 0.603. The Labute approximate surface area is 182 Å². The summed E-state index contributed by atoms with van der Waals surface area (Å²) in [5, 5.41) is 4.04. The fourth-order valence-corrected chi connectivity index (χ4v) is 5.63. The minimum absolute atomic E-state index is 0.603. The van der Waals surface area contributed by atoms with Gasteiger partial charge in [0.2, 0.25) is 0 Å². The van der Waals surface area contributed by atoms with Gasteiger partial charge in [-0.3, -0.25) is 0 Å². The number of fused-ring (bicyclic) bond motifs is 2. The molecule has 0 atom stereocenters. The molecule has 0 bridgehead atoms. The van der Waals surface area contributed by atoms with E-state index in [1.807, 2.05) is 10.8 Å². The molecule has 4 heterocycles. The third-order valence-corrected chi connectivity index (χ3v) is 7.21. The molecule has 0 unspecified atom stereocenters. The second kappa shape index (κ2) is 7.38. The highest BCUT2D eigenvalue weighted by Crippen LogP contribution is 2.47. The van der Waals surface area contributed by atoms with Crippen LogP contribution in [0, 0.1) is 0 Å². The highest BCUT2D eigenvalue weighted by Gasteiger charge is 2.21. The van der Waals surface area contributed by atoms with Crippen LogP contribution < -0.4 is 18.9 Å². The van der Waals surface area contributed by atoms with E-state index in [1.165, 1.54) is 11.1 Å². The van der Waals surface area contributed by atoms with Crippen molar-refractivity contribution in [1.82, 2.24) is 0 Å². The van der Waals surface area contributed by atoms with Crippen LogP contribution in [0.3, 0.4) is 0 Å². The van der Waals surface area contributed by atoms with Crippen LogP contribution >= 0.6 is 22.7 Å². The first kappa shape index (κ1) is 17.9. The van der Waals surface area contributed by atoms with Gasteiger partial charge in [0.25, 0.3) is 0 Å². The number of benzene rings is 2. The first-order valence-electron chi connectivity index (χ1n) is 9.82. The Bertz CT molecular complexity index is 1090. The fourth-order valence-electron chi connectivity index (χ4n) is 3.75. The van der Waals surface area contributed by atoms with E-state index in [2.05, 4.69) is 48.5 Å². The van der Waals surface area contributed by atoms with E-state index in [4.69, 9.17) is 18.9 Å². The number of ether oxygens (including phenoxy) is 4. The molecule has 2 aliphatic heterocycles. The van der Waals surface area contributed by atoms with Crippen LogP contribution in [0.15, 0.2) is 59.3 Å². The molecule has 2 aromatic heterocycles. The Morgan fingerprint density at radius 2 is 0.833 bits per heavy atom. The maximum atomic E-state index is 5.82. The average Bonchev–Trinajstić information content (AvgIpc) is 3.44. The van der Waals surface area contributed by atoms with E-state index >= 15 is 0 Å². The molecule has 150 valence electrons. The molecule has 0 aliphatic carbocycles. The van der Waals surface area contributed by atoms with Gasteiger partial charge in [0.1, 0.15) is 26.4 Å². The number of hydrogen-bond acceptors (Lipinski definition) is 6. The summed E-state index contributed by atoms with van der Waals surface area (Å²) < 4.78 is 23.0. The molecule has 2 aromatic carbocycles. The van der Waals surface area contributed by atoms with Crippen LogP contribution in [0.1, 0.15) is 0 Å². The minimum Gasteiger partial charge on any atom is -0.485 e. The summed E-state index contributed by atoms with van der Waals surface area (Å²) in [5.74, 6) is 3.44. The largest absolute Gasteiger partial charge is 0.485 e. The van der Waals surface area contributed by atoms with Crippen LogP contribution in [-0.2, 0) is 0 Å². The van der Waals surface area contributed by atoms with Crippen molar-refractivity contribution in [2.24, 2.45) is 0 Å². The zero-order valence-electron chi connectivity index (χ0n) is 16.1. The number of hydrogen-bond donors (Lipinski definition) is 0. The van der Waals surface area contributed by atoms with Gasteiger partial charge in [-0.15, -0.1) is 22.7 Å². The van der Waals surface area contributed by atoms with Gasteiger partial charge >= 0.3 is 0 Å². The van der Waals surface area contributed by atoms with E-state index in [0.717, 1.165) is 43.9 Å². The van der Waals surface area contributed by atoms with Gasteiger partial charge in [-0.25, -0.2) is 0 Å². The first-order chi connectivity index (χ1) is 14.9. The highest BCUT2D eigenvalue weighted by atomic mass is 32.1. The Hall–Kier alpha value is -2.96. The van der Waals surface area contributed by atoms with Crippen molar-refractivity contribution in [3.05, 3.63) is 59.3 Å². The predicted octanol–water partition coefficient (Wildman–Crippen LogP) is 6.35. The lowest BCUT2D eigenvalue weighted by Crippen LogP contribution is -2.14. The third kappa shape index (κ3) is 3.04. The Balaban J connectivity index is 1.26. The molecule has 0 saturated carbocycles. The summed E-state index contributed by atoms with van der Waals surface area (Å²) in [6.07, 6.45) is 0. The molecular weight excluding hydrogens is 416 g/mol. The molecule has 4 nitrogen and oxygen atoms in total. The molecule has 0 N–H and O–H groups in total. The van der Waals surface area contributed by atoms with Gasteiger partial charge in [0, 0.05) is 10.8 Å². The maximum absolute atomic E-state index is 5.82. The molecule has 6 rings (SSSR count). The van der Waals surface area contributed by atoms with Crippen molar-refractivity contribution in [2.75, 3.05) is 26.4 Å². The normalized spacial score (nSPS) is 14.5. The lowest BCUT2D eigenvalue weighted by Gasteiger charge is -2.16. The Kier molecular flexibility index (Phi) is 4.39. The molecule has 0 spiro atoms. The van der Waals surface area contributed by atoms with Crippen LogP contribution in [0.5, 0.6) is 23.0 Å². The van der Waals surface area contributed by atoms with Crippen molar-refractivity contribution in [3.8, 4) is 55.0 Å². The molecular formula is C24H18O4S2. The molecule has 0 saturated heterocycles. The van der Waals surface area contributed by atoms with E-state index < -0.39 is 0 Å². The monoisotopic (exact) mass is 434 g/mol. The molecule has 6 heteroatoms. The maximum Gasteiger partial charge on any atom is 0.179 e. The van der Waals surface area contributed by atoms with Gasteiger partial charge < -0.3 is 18.9 Å². The number of rotatable bonds is 3. The number of thiophene rings is 2. The van der Waals surface area contributed by atoms with Gasteiger partial charge in [-0.1, -0.05) is 48.5 Å². The van der Waals surface area contributed by atoms with E-state index in [9.17, 15) is 0 Å². The van der Waals surface area contributed by atoms with Crippen LogP contribution in [0.2, 0.25) is 0 Å². The summed E-state index contributed by atoms with van der Waals surface area (Å²) >= 11 is 3.32. The van der Waals surface area contributed by atoms with E-state index in [-0.39, 0.29) is 0 Å². The van der Waals surface area contributed by atoms with Crippen LogP contribution in [0.4, 0.5) is 0 Å². The van der Waals surface area contributed by atoms with Crippen molar-refractivity contribution in [3.63, 3.8) is 0 Å². The molecule has 30 heavy (non-hydrogen) atoms. The van der Waals surface area contributed by atoms with Crippen LogP contribution in [-0.4, -0.2) is 26.4 Å². The van der Waals surface area contributed by atoms with E-state index in [0.29, 0.717) is 26.4 Å². The molecule has 0 radical (unpaired) electrons. The van der Waals surface area contributed by atoms with E-state index in [1.54, 1.807) is 22.7 Å². The highest BCUT2D eigenvalue weighted by molar-refractivity contribution is 7.14. The quantitative estimate of drug-likeness (QED) is 0.376. The lowest BCUT2D eigenvalue weighted by atomic mass is 10.0. The average molecular weight is 435 g/mol. The fraction of sp³-hybridized carbons (Fsp3) is 0.167. The smallest absolute Gasteiger partial charge is 0.179 e. The lowest BCUT2D eigenvalue weighted by molar-refractivity contribution is 0.174. The standard InChI is InChI=1S/C24H18O4S2/c1-5-17(23-21-19(13-29-23)25-9-11-27-21)6-2-15(1)16-3-7-18(8-4-16)24-22-20(14-30-24)26-10-12-28-22/h1-8,13-14H,9-12H2. The first-order valence-corrected chi connectivity index (χ1v) is 11.6. The molecule has 0 fully saturated rings. The SMILES string of the molecule is c1cc(-c2scc3c2OCCO3)ccc1-c1ccc(-c2scc3c2OCCO3)cc1. The van der Waals surface area contributed by atoms with Crippen molar-refractivity contribution in [2.45, 2.75) is 0 Å². The van der Waals surface area contributed by atoms with Gasteiger partial charge in [0.15, 0.2) is 23.0 Å². The molecule has 0 amide bonds. The second-order valence-electron chi connectivity index (χ2n) is 7.06. The molecule has 2 aliphatic rings.